The summed E-state index contributed by atoms with van der Waals surface area (Å²) in [5.41, 5.74) is 0.311. The summed E-state index contributed by atoms with van der Waals surface area (Å²) < 4.78 is 36.5. The minimum absolute atomic E-state index is 0.277. The van der Waals surface area contributed by atoms with Gasteiger partial charge in [0.2, 0.25) is 0 Å². The van der Waals surface area contributed by atoms with Crippen molar-refractivity contribution >= 4 is 15.9 Å². The summed E-state index contributed by atoms with van der Waals surface area (Å²) >= 11 is 3.35. The summed E-state index contributed by atoms with van der Waals surface area (Å²) in [7, 11) is 0. The molecule has 0 aliphatic heterocycles. The molecule has 0 aliphatic rings. The van der Waals surface area contributed by atoms with E-state index in [0.29, 0.717) is 0 Å². The monoisotopic (exact) mass is 266 g/mol. The van der Waals surface area contributed by atoms with Gasteiger partial charge in [0.25, 0.3) is 0 Å². The van der Waals surface area contributed by atoms with Crippen molar-refractivity contribution in [2.75, 3.05) is 0 Å². The van der Waals surface area contributed by atoms with E-state index in [2.05, 4.69) is 15.9 Å². The van der Waals surface area contributed by atoms with Gasteiger partial charge in [-0.3, -0.25) is 0 Å². The van der Waals surface area contributed by atoms with Crippen LogP contribution < -0.4 is 0 Å². The van der Waals surface area contributed by atoms with Gasteiger partial charge >= 0.3 is 6.18 Å². The summed E-state index contributed by atoms with van der Waals surface area (Å²) in [4.78, 5) is 0.277. The van der Waals surface area contributed by atoms with Crippen LogP contribution in [-0.4, -0.2) is 4.83 Å². The van der Waals surface area contributed by atoms with Gasteiger partial charge in [0.15, 0.2) is 0 Å². The Morgan fingerprint density at radius 2 is 1.71 bits per heavy atom. The lowest BCUT2D eigenvalue weighted by atomic mass is 10.1. The highest BCUT2D eigenvalue weighted by Gasteiger charge is 2.29. The van der Waals surface area contributed by atoms with Gasteiger partial charge in [-0.2, -0.15) is 13.2 Å². The molecule has 0 N–H and O–H groups in total. The Bertz CT molecular complexity index is 287. The van der Waals surface area contributed by atoms with E-state index < -0.39 is 11.7 Å². The van der Waals surface area contributed by atoms with E-state index in [-0.39, 0.29) is 4.83 Å². The second-order valence-corrected chi connectivity index (χ2v) is 4.74. The van der Waals surface area contributed by atoms with Crippen molar-refractivity contribution in [1.82, 2.24) is 0 Å². The van der Waals surface area contributed by atoms with Gasteiger partial charge in [0.05, 0.1) is 5.56 Å². The molecule has 1 aromatic carbocycles. The number of benzene rings is 1. The smallest absolute Gasteiger partial charge is 0.166 e. The zero-order chi connectivity index (χ0) is 10.8. The zero-order valence-corrected chi connectivity index (χ0v) is 9.19. The lowest BCUT2D eigenvalue weighted by Crippen LogP contribution is -2.05. The largest absolute Gasteiger partial charge is 0.416 e. The number of alkyl halides is 4. The average Bonchev–Trinajstić information content (AvgIpc) is 2.02. The minimum atomic E-state index is -4.24. The summed E-state index contributed by atoms with van der Waals surface area (Å²) in [6.07, 6.45) is -3.50. The number of hydrogen-bond donors (Lipinski definition) is 0. The van der Waals surface area contributed by atoms with Crippen LogP contribution >= 0.6 is 15.9 Å². The first-order valence-corrected chi connectivity index (χ1v) is 5.11. The van der Waals surface area contributed by atoms with Crippen LogP contribution in [0.3, 0.4) is 0 Å². The molecule has 0 spiro atoms. The van der Waals surface area contributed by atoms with Crippen LogP contribution in [0, 0.1) is 0 Å². The number of halogens is 4. The highest BCUT2D eigenvalue weighted by atomic mass is 79.9. The predicted molar refractivity (Wildman–Crippen MR) is 53.5 cm³/mol. The third-order valence-corrected chi connectivity index (χ3v) is 2.12. The Morgan fingerprint density at radius 1 is 1.21 bits per heavy atom. The third kappa shape index (κ3) is 3.33. The molecule has 0 saturated heterocycles. The van der Waals surface area contributed by atoms with E-state index in [1.165, 1.54) is 12.1 Å². The van der Waals surface area contributed by atoms with E-state index in [1.54, 1.807) is 0 Å². The van der Waals surface area contributed by atoms with Gasteiger partial charge < -0.3 is 0 Å². The molecule has 0 saturated carbocycles. The van der Waals surface area contributed by atoms with E-state index in [4.69, 9.17) is 0 Å². The lowest BCUT2D eigenvalue weighted by molar-refractivity contribution is -0.137. The first-order chi connectivity index (χ1) is 6.39. The Hall–Kier alpha value is -0.510. The molecule has 0 aromatic heterocycles. The Balaban J connectivity index is 2.79. The van der Waals surface area contributed by atoms with E-state index in [1.807, 2.05) is 6.92 Å². The van der Waals surface area contributed by atoms with E-state index >= 15 is 0 Å². The van der Waals surface area contributed by atoms with Crippen LogP contribution in [0.5, 0.6) is 0 Å². The molecule has 0 heterocycles. The van der Waals surface area contributed by atoms with Gasteiger partial charge in [-0.1, -0.05) is 35.0 Å². The lowest BCUT2D eigenvalue weighted by Gasteiger charge is -2.08. The molecule has 1 unspecified atom stereocenters. The summed E-state index contributed by atoms with van der Waals surface area (Å²) in [5, 5.41) is 0. The molecular weight excluding hydrogens is 257 g/mol. The highest BCUT2D eigenvalue weighted by Crippen LogP contribution is 2.29. The molecule has 4 heteroatoms. The van der Waals surface area contributed by atoms with E-state index in [0.717, 1.165) is 24.1 Å². The highest BCUT2D eigenvalue weighted by molar-refractivity contribution is 9.09. The van der Waals surface area contributed by atoms with Gasteiger partial charge in [0.1, 0.15) is 0 Å². The van der Waals surface area contributed by atoms with Crippen LogP contribution in [0.1, 0.15) is 18.1 Å². The fraction of sp³-hybridized carbons (Fsp3) is 0.400. The Kier molecular flexibility index (Phi) is 3.59. The summed E-state index contributed by atoms with van der Waals surface area (Å²) in [6, 6.07) is 5.26. The van der Waals surface area contributed by atoms with Crippen LogP contribution in [0.4, 0.5) is 13.2 Å². The molecule has 0 amide bonds. The number of hydrogen-bond acceptors (Lipinski definition) is 0. The van der Waals surface area contributed by atoms with Crippen LogP contribution in [0.15, 0.2) is 24.3 Å². The molecule has 0 radical (unpaired) electrons. The second kappa shape index (κ2) is 4.34. The first kappa shape index (κ1) is 11.6. The van der Waals surface area contributed by atoms with Crippen LogP contribution in [0.2, 0.25) is 0 Å². The average molecular weight is 267 g/mol. The number of rotatable bonds is 2. The molecule has 1 rings (SSSR count). The molecular formula is C10H10BrF3. The maximum atomic E-state index is 12.2. The molecule has 0 nitrogen and oxygen atoms in total. The van der Waals surface area contributed by atoms with E-state index in [9.17, 15) is 13.2 Å². The topological polar surface area (TPSA) is 0 Å². The quantitative estimate of drug-likeness (QED) is 0.709. The summed E-state index contributed by atoms with van der Waals surface area (Å²) in [6.45, 7) is 1.96. The molecule has 1 atom stereocenters. The maximum absolute atomic E-state index is 12.2. The Morgan fingerprint density at radius 3 is 2.07 bits per heavy atom. The molecule has 0 bridgehead atoms. The molecule has 1 aromatic rings. The van der Waals surface area contributed by atoms with Gasteiger partial charge in [-0.05, 0) is 24.1 Å². The molecule has 0 fully saturated rings. The SMILES string of the molecule is CC(Br)Cc1ccc(C(F)(F)F)cc1. The van der Waals surface area contributed by atoms with Crippen molar-refractivity contribution in [3.05, 3.63) is 35.4 Å². The third-order valence-electron chi connectivity index (χ3n) is 1.80. The molecule has 78 valence electrons. The van der Waals surface area contributed by atoms with Crippen molar-refractivity contribution < 1.29 is 13.2 Å². The van der Waals surface area contributed by atoms with Gasteiger partial charge in [-0.15, -0.1) is 0 Å². The van der Waals surface area contributed by atoms with Crippen molar-refractivity contribution in [2.45, 2.75) is 24.3 Å². The van der Waals surface area contributed by atoms with Gasteiger partial charge in [-0.25, -0.2) is 0 Å². The first-order valence-electron chi connectivity index (χ1n) is 4.20. The normalized spacial score (nSPS) is 14.1. The van der Waals surface area contributed by atoms with Crippen molar-refractivity contribution in [3.63, 3.8) is 0 Å². The molecule has 14 heavy (non-hydrogen) atoms. The zero-order valence-electron chi connectivity index (χ0n) is 7.61. The van der Waals surface area contributed by atoms with Crippen molar-refractivity contribution in [1.29, 1.82) is 0 Å². The predicted octanol–water partition coefficient (Wildman–Crippen LogP) is 4.03. The maximum Gasteiger partial charge on any atom is 0.416 e. The standard InChI is InChI=1S/C10H10BrF3/c1-7(11)6-8-2-4-9(5-3-8)10(12,13)14/h2-5,7H,6H2,1H3. The van der Waals surface area contributed by atoms with Crippen molar-refractivity contribution in [2.24, 2.45) is 0 Å². The minimum Gasteiger partial charge on any atom is -0.166 e. The van der Waals surface area contributed by atoms with Crippen LogP contribution in [-0.2, 0) is 12.6 Å². The second-order valence-electron chi connectivity index (χ2n) is 3.18. The van der Waals surface area contributed by atoms with Crippen molar-refractivity contribution in [3.8, 4) is 0 Å². The molecule has 0 aliphatic carbocycles. The fourth-order valence-electron chi connectivity index (χ4n) is 1.15. The Labute approximate surface area is 89.3 Å². The van der Waals surface area contributed by atoms with Crippen LogP contribution in [0.25, 0.3) is 0 Å². The summed E-state index contributed by atoms with van der Waals surface area (Å²) in [5.74, 6) is 0. The van der Waals surface area contributed by atoms with Gasteiger partial charge in [0, 0.05) is 4.83 Å². The fourth-order valence-corrected chi connectivity index (χ4v) is 1.53.